The van der Waals surface area contributed by atoms with E-state index in [9.17, 15) is 0 Å². The summed E-state index contributed by atoms with van der Waals surface area (Å²) < 4.78 is 0. The highest BCUT2D eigenvalue weighted by Gasteiger charge is 2.22. The van der Waals surface area contributed by atoms with Gasteiger partial charge in [0, 0.05) is 37.4 Å². The molecule has 0 spiro atoms. The number of nitrogens with one attached hydrogen (secondary N) is 1. The molecular weight excluding hydrogens is 423 g/mol. The first-order valence-corrected chi connectivity index (χ1v) is 8.25. The monoisotopic (exact) mass is 444 g/mol. The third-order valence-corrected chi connectivity index (χ3v) is 4.51. The summed E-state index contributed by atoms with van der Waals surface area (Å²) in [5.74, 6) is 0.910. The van der Waals surface area contributed by atoms with E-state index in [4.69, 9.17) is 0 Å². The second-order valence-electron chi connectivity index (χ2n) is 5.92. The molecule has 128 valence electrons. The zero-order chi connectivity index (χ0) is 16.4. The summed E-state index contributed by atoms with van der Waals surface area (Å²) >= 11 is 0. The Balaban J connectivity index is 0.00000182. The van der Waals surface area contributed by atoms with E-state index in [0.717, 1.165) is 24.4 Å². The van der Waals surface area contributed by atoms with Crippen LogP contribution in [-0.4, -0.2) is 24.5 Å². The number of guanidine groups is 1. The van der Waals surface area contributed by atoms with Gasteiger partial charge in [0.25, 0.3) is 0 Å². The van der Waals surface area contributed by atoms with Gasteiger partial charge in [-0.15, -0.1) is 24.0 Å². The van der Waals surface area contributed by atoms with Crippen LogP contribution in [0.2, 0.25) is 0 Å². The van der Waals surface area contributed by atoms with Crippen molar-refractivity contribution in [2.75, 3.05) is 18.5 Å². The molecule has 0 aliphatic carbocycles. The van der Waals surface area contributed by atoms with E-state index in [1.54, 1.807) is 0 Å². The molecular formula is C20H21IN4. The normalized spacial score (nSPS) is 13.5. The van der Waals surface area contributed by atoms with Gasteiger partial charge in [-0.3, -0.25) is 9.98 Å². The molecule has 0 fully saturated rings. The fraction of sp³-hybridized carbons (Fsp3) is 0.200. The van der Waals surface area contributed by atoms with Gasteiger partial charge in [0.15, 0.2) is 5.96 Å². The summed E-state index contributed by atoms with van der Waals surface area (Å²) in [5.41, 5.74) is 4.86. The van der Waals surface area contributed by atoms with E-state index in [2.05, 4.69) is 68.7 Å². The molecule has 0 saturated carbocycles. The summed E-state index contributed by atoms with van der Waals surface area (Å²) in [7, 11) is 1.84. The van der Waals surface area contributed by atoms with Crippen molar-refractivity contribution in [2.45, 2.75) is 13.0 Å². The van der Waals surface area contributed by atoms with Gasteiger partial charge in [0.1, 0.15) is 0 Å². The predicted octanol–water partition coefficient (Wildman–Crippen LogP) is 3.99. The minimum atomic E-state index is 0. The summed E-state index contributed by atoms with van der Waals surface area (Å²) in [6, 6.07) is 18.9. The SMILES string of the molecule is CN=C(NCc1cccc2cccnc12)N1CCc2ccccc21.I. The van der Waals surface area contributed by atoms with Crippen LogP contribution in [0.3, 0.4) is 0 Å². The van der Waals surface area contributed by atoms with E-state index in [0.29, 0.717) is 6.54 Å². The van der Waals surface area contributed by atoms with Gasteiger partial charge in [-0.1, -0.05) is 42.5 Å². The summed E-state index contributed by atoms with van der Waals surface area (Å²) in [4.78, 5) is 11.3. The van der Waals surface area contributed by atoms with Crippen LogP contribution in [0, 0.1) is 0 Å². The van der Waals surface area contributed by atoms with Crippen LogP contribution in [0.4, 0.5) is 5.69 Å². The first-order chi connectivity index (χ1) is 11.9. The number of halogens is 1. The highest BCUT2D eigenvalue weighted by atomic mass is 127. The van der Waals surface area contributed by atoms with Crippen molar-refractivity contribution >= 4 is 46.5 Å². The number of hydrogen-bond donors (Lipinski definition) is 1. The Morgan fingerprint density at radius 3 is 2.84 bits per heavy atom. The fourth-order valence-electron chi connectivity index (χ4n) is 3.34. The average Bonchev–Trinajstić information content (AvgIpc) is 3.07. The number of nitrogens with zero attached hydrogens (tertiary/aromatic N) is 3. The van der Waals surface area contributed by atoms with Crippen molar-refractivity contribution < 1.29 is 0 Å². The smallest absolute Gasteiger partial charge is 0.198 e. The third-order valence-electron chi connectivity index (χ3n) is 4.51. The second-order valence-corrected chi connectivity index (χ2v) is 5.92. The van der Waals surface area contributed by atoms with Gasteiger partial charge in [-0.2, -0.15) is 0 Å². The van der Waals surface area contributed by atoms with E-state index in [1.807, 2.05) is 19.3 Å². The second kappa shape index (κ2) is 7.82. The van der Waals surface area contributed by atoms with Crippen LogP contribution in [0.15, 0.2) is 65.8 Å². The molecule has 0 amide bonds. The van der Waals surface area contributed by atoms with Crippen molar-refractivity contribution in [3.05, 3.63) is 71.9 Å². The zero-order valence-corrected chi connectivity index (χ0v) is 16.5. The van der Waals surface area contributed by atoms with Gasteiger partial charge >= 0.3 is 0 Å². The Hall–Kier alpha value is -2.15. The van der Waals surface area contributed by atoms with Crippen LogP contribution in [0.25, 0.3) is 10.9 Å². The molecule has 25 heavy (non-hydrogen) atoms. The Bertz CT molecular complexity index is 902. The lowest BCUT2D eigenvalue weighted by atomic mass is 10.1. The topological polar surface area (TPSA) is 40.5 Å². The number of benzene rings is 2. The van der Waals surface area contributed by atoms with Crippen LogP contribution < -0.4 is 10.2 Å². The Morgan fingerprint density at radius 1 is 1.12 bits per heavy atom. The Labute approximate surface area is 165 Å². The predicted molar refractivity (Wildman–Crippen MR) is 115 cm³/mol. The number of para-hydroxylation sites is 2. The van der Waals surface area contributed by atoms with Crippen LogP contribution in [0.1, 0.15) is 11.1 Å². The molecule has 3 aromatic rings. The fourth-order valence-corrected chi connectivity index (χ4v) is 3.34. The molecule has 1 N–H and O–H groups in total. The van der Waals surface area contributed by atoms with E-state index in [-0.39, 0.29) is 24.0 Å². The maximum atomic E-state index is 4.52. The summed E-state index contributed by atoms with van der Waals surface area (Å²) in [6.07, 6.45) is 2.91. The molecule has 2 aromatic carbocycles. The number of pyridine rings is 1. The molecule has 2 heterocycles. The van der Waals surface area contributed by atoms with Gasteiger partial charge in [0.05, 0.1) is 5.52 Å². The van der Waals surface area contributed by atoms with Gasteiger partial charge in [-0.25, -0.2) is 0 Å². The number of anilines is 1. The lowest BCUT2D eigenvalue weighted by molar-refractivity contribution is 0.870. The molecule has 4 rings (SSSR count). The molecule has 1 aliphatic heterocycles. The lowest BCUT2D eigenvalue weighted by Gasteiger charge is -2.22. The molecule has 0 unspecified atom stereocenters. The maximum Gasteiger partial charge on any atom is 0.198 e. The van der Waals surface area contributed by atoms with Crippen LogP contribution in [-0.2, 0) is 13.0 Å². The molecule has 1 aromatic heterocycles. The minimum absolute atomic E-state index is 0. The van der Waals surface area contributed by atoms with Crippen LogP contribution in [0.5, 0.6) is 0 Å². The Kier molecular flexibility index (Phi) is 5.53. The van der Waals surface area contributed by atoms with Gasteiger partial charge in [-0.05, 0) is 29.7 Å². The van der Waals surface area contributed by atoms with Crippen molar-refractivity contribution in [3.8, 4) is 0 Å². The zero-order valence-electron chi connectivity index (χ0n) is 14.1. The van der Waals surface area contributed by atoms with E-state index >= 15 is 0 Å². The molecule has 5 heteroatoms. The Morgan fingerprint density at radius 2 is 1.96 bits per heavy atom. The number of rotatable bonds is 2. The first kappa shape index (κ1) is 17.7. The van der Waals surface area contributed by atoms with Crippen molar-refractivity contribution in [2.24, 2.45) is 4.99 Å². The minimum Gasteiger partial charge on any atom is -0.352 e. The van der Waals surface area contributed by atoms with Crippen molar-refractivity contribution in [1.29, 1.82) is 0 Å². The van der Waals surface area contributed by atoms with Crippen LogP contribution >= 0.6 is 24.0 Å². The van der Waals surface area contributed by atoms with E-state index in [1.165, 1.54) is 22.2 Å². The first-order valence-electron chi connectivity index (χ1n) is 8.25. The molecule has 0 atom stereocenters. The summed E-state index contributed by atoms with van der Waals surface area (Å²) in [6.45, 7) is 1.67. The molecule has 0 bridgehead atoms. The highest BCUT2D eigenvalue weighted by Crippen LogP contribution is 2.27. The van der Waals surface area contributed by atoms with Gasteiger partial charge < -0.3 is 10.2 Å². The number of aromatic nitrogens is 1. The third kappa shape index (κ3) is 3.46. The molecule has 1 aliphatic rings. The lowest BCUT2D eigenvalue weighted by Crippen LogP contribution is -2.40. The molecule has 0 radical (unpaired) electrons. The largest absolute Gasteiger partial charge is 0.352 e. The standard InChI is InChI=1S/C20H20N4.HI/c1-21-20(24-13-11-15-6-2-3-10-18(15)24)23-14-17-8-4-7-16-9-5-12-22-19(16)17;/h2-10,12H,11,13-14H2,1H3,(H,21,23);1H. The number of hydrogen-bond acceptors (Lipinski definition) is 2. The maximum absolute atomic E-state index is 4.52. The van der Waals surface area contributed by atoms with E-state index < -0.39 is 0 Å². The average molecular weight is 444 g/mol. The molecule has 4 nitrogen and oxygen atoms in total. The van der Waals surface area contributed by atoms with Crippen molar-refractivity contribution in [1.82, 2.24) is 10.3 Å². The summed E-state index contributed by atoms with van der Waals surface area (Å²) in [5, 5.41) is 4.66. The van der Waals surface area contributed by atoms with Gasteiger partial charge in [0.2, 0.25) is 0 Å². The molecule has 0 saturated heterocycles. The number of aliphatic imine (C=N–C) groups is 1. The quantitative estimate of drug-likeness (QED) is 0.369. The van der Waals surface area contributed by atoms with Crippen molar-refractivity contribution in [3.63, 3.8) is 0 Å². The highest BCUT2D eigenvalue weighted by molar-refractivity contribution is 14.0. The number of fused-ring (bicyclic) bond motifs is 2.